The van der Waals surface area contributed by atoms with Crippen LogP contribution in [0, 0.1) is 0 Å². The van der Waals surface area contributed by atoms with E-state index in [2.05, 4.69) is 27.3 Å². The summed E-state index contributed by atoms with van der Waals surface area (Å²) in [5.74, 6) is 1.42. The van der Waals surface area contributed by atoms with Gasteiger partial charge in [-0.1, -0.05) is 22.6 Å². The van der Waals surface area contributed by atoms with Crippen molar-refractivity contribution in [3.63, 3.8) is 0 Å². The van der Waals surface area contributed by atoms with Crippen LogP contribution in [0.15, 0.2) is 0 Å². The van der Waals surface area contributed by atoms with Crippen molar-refractivity contribution in [1.82, 2.24) is 0 Å². The average Bonchev–Trinajstić information content (AvgIpc) is 1.98. The molecule has 5 heteroatoms. The number of rotatable bonds is 5. The second kappa shape index (κ2) is 11.2. The molecule has 0 spiro atoms. The Labute approximate surface area is 98.1 Å². The van der Waals surface area contributed by atoms with Crippen LogP contribution >= 0.6 is 34.4 Å². The molecule has 60 valence electrons. The van der Waals surface area contributed by atoms with Gasteiger partial charge in [0.25, 0.3) is 0 Å². The van der Waals surface area contributed by atoms with Gasteiger partial charge in [-0.25, -0.2) is 0 Å². The zero-order valence-electron chi connectivity index (χ0n) is 6.64. The Morgan fingerprint density at radius 2 is 2.27 bits per heavy atom. The third kappa shape index (κ3) is 11.2. The Morgan fingerprint density at radius 3 is 2.73 bits per heavy atom. The normalized spacial score (nSPS) is 8.55. The van der Waals surface area contributed by atoms with Gasteiger partial charge in [-0.2, -0.15) is 11.8 Å². The molecule has 0 amide bonds. The summed E-state index contributed by atoms with van der Waals surface area (Å²) in [6.45, 7) is 0. The number of hydrogen-bond donors (Lipinski definition) is 0. The predicted octanol–water partition coefficient (Wildman–Crippen LogP) is 1.72. The van der Waals surface area contributed by atoms with Crippen molar-refractivity contribution < 1.29 is 29.0 Å². The van der Waals surface area contributed by atoms with E-state index in [1.165, 1.54) is 13.5 Å². The van der Waals surface area contributed by atoms with Gasteiger partial charge in [0.05, 0.1) is 12.9 Å². The number of carbonyl (C=O) groups is 1. The fraction of sp³-hybridized carbons (Fsp3) is 0.833. The minimum atomic E-state index is -0.126. The number of carbonyl (C=O) groups excluding carboxylic acids is 1. The van der Waals surface area contributed by atoms with E-state index in [0.29, 0.717) is 5.75 Å². The van der Waals surface area contributed by atoms with Gasteiger partial charge < -0.3 is 4.74 Å². The summed E-state index contributed by atoms with van der Waals surface area (Å²) in [5, 5.41) is 0. The molecule has 0 bridgehead atoms. The fourth-order valence-corrected chi connectivity index (χ4v) is 2.05. The first-order valence-electron chi connectivity index (χ1n) is 3.01. The largest absolute Gasteiger partial charge is 2.00 e. The molecule has 0 aliphatic rings. The van der Waals surface area contributed by atoms with Gasteiger partial charge in [-0.05, 0) is 12.2 Å². The predicted molar refractivity (Wildman–Crippen MR) is 52.8 cm³/mol. The van der Waals surface area contributed by atoms with Crippen molar-refractivity contribution in [3.05, 3.63) is 0 Å². The second-order valence-electron chi connectivity index (χ2n) is 1.67. The molecule has 2 nitrogen and oxygen atoms in total. The summed E-state index contributed by atoms with van der Waals surface area (Å²) in [6.07, 6.45) is 1.17. The van der Waals surface area contributed by atoms with Crippen molar-refractivity contribution >= 4 is 40.3 Å². The third-order valence-electron chi connectivity index (χ3n) is 0.870. The molecule has 0 heterocycles. The van der Waals surface area contributed by atoms with E-state index in [1.54, 1.807) is 11.8 Å². The summed E-state index contributed by atoms with van der Waals surface area (Å²) in [6, 6.07) is 0. The molecule has 0 aliphatic heterocycles. The molecular formula is C6H11IO2SZn+2. The molecule has 0 fully saturated rings. The van der Waals surface area contributed by atoms with Gasteiger partial charge in [0.1, 0.15) is 0 Å². The van der Waals surface area contributed by atoms with Gasteiger partial charge in [0, 0.05) is 4.43 Å². The minimum absolute atomic E-state index is 0. The number of alkyl halides is 1. The van der Waals surface area contributed by atoms with E-state index >= 15 is 0 Å². The summed E-state index contributed by atoms with van der Waals surface area (Å²) in [4.78, 5) is 10.5. The fourth-order valence-electron chi connectivity index (χ4n) is 0.371. The summed E-state index contributed by atoms with van der Waals surface area (Å²) >= 11 is 3.96. The van der Waals surface area contributed by atoms with Crippen LogP contribution in [-0.2, 0) is 29.0 Å². The third-order valence-corrected chi connectivity index (χ3v) is 2.65. The second-order valence-corrected chi connectivity index (χ2v) is 3.86. The summed E-state index contributed by atoms with van der Waals surface area (Å²) < 4.78 is 5.63. The Balaban J connectivity index is 0. The molecule has 0 radical (unpaired) electrons. The molecular weight excluding hydrogens is 328 g/mol. The topological polar surface area (TPSA) is 26.3 Å². The molecule has 0 unspecified atom stereocenters. The van der Waals surface area contributed by atoms with Crippen LogP contribution in [0.5, 0.6) is 0 Å². The quantitative estimate of drug-likeness (QED) is 0.251. The first kappa shape index (κ1) is 14.7. The van der Waals surface area contributed by atoms with Crippen LogP contribution in [0.25, 0.3) is 0 Å². The molecule has 0 aromatic carbocycles. The molecule has 11 heavy (non-hydrogen) atoms. The Hall–Kier alpha value is 1.17. The maximum absolute atomic E-state index is 10.5. The van der Waals surface area contributed by atoms with E-state index in [4.69, 9.17) is 0 Å². The molecule has 0 atom stereocenters. The monoisotopic (exact) mass is 338 g/mol. The van der Waals surface area contributed by atoms with Gasteiger partial charge in [-0.3, -0.25) is 4.79 Å². The van der Waals surface area contributed by atoms with Crippen LogP contribution in [-0.4, -0.2) is 29.0 Å². The van der Waals surface area contributed by atoms with Crippen molar-refractivity contribution in [3.8, 4) is 0 Å². The van der Waals surface area contributed by atoms with E-state index in [0.717, 1.165) is 10.2 Å². The summed E-state index contributed by atoms with van der Waals surface area (Å²) in [7, 11) is 1.42. The molecule has 0 N–H and O–H groups in total. The smallest absolute Gasteiger partial charge is 0.468 e. The van der Waals surface area contributed by atoms with E-state index < -0.39 is 0 Å². The first-order valence-corrected chi connectivity index (χ1v) is 5.69. The number of halogens is 1. The van der Waals surface area contributed by atoms with E-state index in [1.807, 2.05) is 0 Å². The zero-order chi connectivity index (χ0) is 7.82. The maximum Gasteiger partial charge on any atom is 2.00 e. The number of ether oxygens (including phenoxy) is 1. The van der Waals surface area contributed by atoms with Crippen LogP contribution in [0.2, 0.25) is 0 Å². The van der Waals surface area contributed by atoms with Crippen molar-refractivity contribution in [2.45, 2.75) is 6.42 Å². The molecule has 0 aromatic heterocycles. The zero-order valence-corrected chi connectivity index (χ0v) is 12.6. The van der Waals surface area contributed by atoms with E-state index in [-0.39, 0.29) is 25.4 Å². The number of methoxy groups -OCH3 is 1. The first-order chi connectivity index (χ1) is 4.81. The molecule has 0 aliphatic carbocycles. The maximum atomic E-state index is 10.5. The van der Waals surface area contributed by atoms with Crippen LogP contribution in [0.1, 0.15) is 6.42 Å². The van der Waals surface area contributed by atoms with Gasteiger partial charge in [-0.15, -0.1) is 0 Å². The average molecular weight is 340 g/mol. The number of hydrogen-bond acceptors (Lipinski definition) is 3. The molecule has 0 saturated carbocycles. The Morgan fingerprint density at radius 1 is 1.64 bits per heavy atom. The Kier molecular flexibility index (Phi) is 14.9. The van der Waals surface area contributed by atoms with Crippen molar-refractivity contribution in [2.24, 2.45) is 0 Å². The van der Waals surface area contributed by atoms with Crippen molar-refractivity contribution in [1.29, 1.82) is 0 Å². The number of esters is 1. The minimum Gasteiger partial charge on any atom is -0.468 e. The molecule has 0 rings (SSSR count). The van der Waals surface area contributed by atoms with Gasteiger partial charge >= 0.3 is 25.4 Å². The summed E-state index contributed by atoms with van der Waals surface area (Å²) in [5.41, 5.74) is 0. The van der Waals surface area contributed by atoms with E-state index in [9.17, 15) is 4.79 Å². The van der Waals surface area contributed by atoms with Crippen LogP contribution in [0.4, 0.5) is 0 Å². The Bertz CT molecular complexity index is 103. The van der Waals surface area contributed by atoms with Crippen LogP contribution < -0.4 is 0 Å². The SMILES string of the molecule is COC(=O)CSCCCI.[Zn+2]. The number of thioether (sulfide) groups is 1. The van der Waals surface area contributed by atoms with Crippen molar-refractivity contribution in [2.75, 3.05) is 23.0 Å². The molecule has 0 aromatic rings. The standard InChI is InChI=1S/C6H11IO2S.Zn/c1-9-6(8)5-10-4-2-3-7;/h2-5H2,1H3;/q;+2. The van der Waals surface area contributed by atoms with Crippen LogP contribution in [0.3, 0.4) is 0 Å². The molecule has 0 saturated heterocycles. The van der Waals surface area contributed by atoms with Gasteiger partial charge in [0.15, 0.2) is 0 Å². The van der Waals surface area contributed by atoms with Gasteiger partial charge in [0.2, 0.25) is 0 Å².